The molecule has 1 atom stereocenters. The quantitative estimate of drug-likeness (QED) is 0.248. The van der Waals surface area contributed by atoms with Crippen LogP contribution in [-0.4, -0.2) is 38.8 Å². The molecule has 1 fully saturated rings. The Morgan fingerprint density at radius 2 is 1.53 bits per heavy atom. The molecule has 1 saturated heterocycles. The van der Waals surface area contributed by atoms with Gasteiger partial charge in [-0.15, -0.1) is 12.4 Å². The zero-order valence-electron chi connectivity index (χ0n) is 21.0. The summed E-state index contributed by atoms with van der Waals surface area (Å²) in [5, 5.41) is 2.50. The molecular weight excluding hydrogens is 470 g/mol. The molecule has 36 heavy (non-hydrogen) atoms. The largest absolute Gasteiger partial charge is 0.497 e. The van der Waals surface area contributed by atoms with Crippen LogP contribution in [0.1, 0.15) is 30.9 Å². The van der Waals surface area contributed by atoms with Crippen molar-refractivity contribution in [3.63, 3.8) is 0 Å². The van der Waals surface area contributed by atoms with Crippen LogP contribution in [0.2, 0.25) is 0 Å². The highest BCUT2D eigenvalue weighted by atomic mass is 35.5. The SMILES string of the molecule is COc1ccc(-c2ccc3cc(OC)ccc3c2C2CCCCN2CCOc2ccccc2)cc1.Cl. The minimum Gasteiger partial charge on any atom is -0.497 e. The van der Waals surface area contributed by atoms with Crippen LogP contribution in [0.3, 0.4) is 0 Å². The highest BCUT2D eigenvalue weighted by Crippen LogP contribution is 2.42. The Kier molecular flexibility index (Phi) is 8.74. The van der Waals surface area contributed by atoms with Crippen LogP contribution in [0.25, 0.3) is 21.9 Å². The summed E-state index contributed by atoms with van der Waals surface area (Å²) in [6.07, 6.45) is 3.59. The van der Waals surface area contributed by atoms with E-state index in [0.717, 1.165) is 36.8 Å². The normalized spacial score (nSPS) is 15.8. The third kappa shape index (κ3) is 5.61. The second-order valence-corrected chi connectivity index (χ2v) is 9.05. The number of piperidine rings is 1. The first-order valence-corrected chi connectivity index (χ1v) is 12.4. The van der Waals surface area contributed by atoms with Crippen molar-refractivity contribution < 1.29 is 14.2 Å². The van der Waals surface area contributed by atoms with Crippen molar-refractivity contribution in [1.82, 2.24) is 4.90 Å². The van der Waals surface area contributed by atoms with Crippen LogP contribution in [0.15, 0.2) is 84.9 Å². The second kappa shape index (κ2) is 12.2. The zero-order chi connectivity index (χ0) is 24.0. The first-order chi connectivity index (χ1) is 17.3. The molecule has 0 aromatic heterocycles. The van der Waals surface area contributed by atoms with Crippen LogP contribution >= 0.6 is 12.4 Å². The van der Waals surface area contributed by atoms with Gasteiger partial charge in [-0.05, 0) is 83.2 Å². The average molecular weight is 504 g/mol. The summed E-state index contributed by atoms with van der Waals surface area (Å²) >= 11 is 0. The number of hydrogen-bond acceptors (Lipinski definition) is 4. The monoisotopic (exact) mass is 503 g/mol. The lowest BCUT2D eigenvalue weighted by Crippen LogP contribution is -2.36. The molecule has 0 N–H and O–H groups in total. The summed E-state index contributed by atoms with van der Waals surface area (Å²) in [7, 11) is 3.44. The maximum absolute atomic E-state index is 6.08. The molecule has 4 aromatic carbocycles. The van der Waals surface area contributed by atoms with Gasteiger partial charge < -0.3 is 14.2 Å². The number of methoxy groups -OCH3 is 2. The molecular formula is C31H34ClNO3. The maximum atomic E-state index is 6.08. The van der Waals surface area contributed by atoms with Gasteiger partial charge in [0.15, 0.2) is 0 Å². The van der Waals surface area contributed by atoms with Crippen LogP contribution in [0.5, 0.6) is 17.2 Å². The van der Waals surface area contributed by atoms with Crippen molar-refractivity contribution in [1.29, 1.82) is 0 Å². The smallest absolute Gasteiger partial charge is 0.119 e. The van der Waals surface area contributed by atoms with Crippen molar-refractivity contribution >= 4 is 23.2 Å². The Labute approximate surface area is 220 Å². The fourth-order valence-corrected chi connectivity index (χ4v) is 5.22. The number of halogens is 1. The second-order valence-electron chi connectivity index (χ2n) is 9.05. The van der Waals surface area contributed by atoms with E-state index in [1.807, 2.05) is 42.5 Å². The van der Waals surface area contributed by atoms with Gasteiger partial charge >= 0.3 is 0 Å². The minimum atomic E-state index is 0. The molecule has 1 aliphatic heterocycles. The molecule has 0 amide bonds. The lowest BCUT2D eigenvalue weighted by atomic mass is 9.85. The molecule has 0 saturated carbocycles. The van der Waals surface area contributed by atoms with Gasteiger partial charge in [0, 0.05) is 12.6 Å². The number of para-hydroxylation sites is 1. The van der Waals surface area contributed by atoms with Gasteiger partial charge in [-0.25, -0.2) is 0 Å². The van der Waals surface area contributed by atoms with Crippen molar-refractivity contribution in [2.24, 2.45) is 0 Å². The Morgan fingerprint density at radius 1 is 0.778 bits per heavy atom. The van der Waals surface area contributed by atoms with E-state index in [9.17, 15) is 0 Å². The van der Waals surface area contributed by atoms with Gasteiger partial charge in [0.05, 0.1) is 14.2 Å². The van der Waals surface area contributed by atoms with Crippen molar-refractivity contribution in [2.75, 3.05) is 33.9 Å². The summed E-state index contributed by atoms with van der Waals surface area (Å²) in [6, 6.07) is 29.8. The summed E-state index contributed by atoms with van der Waals surface area (Å²) in [4.78, 5) is 2.61. The van der Waals surface area contributed by atoms with Gasteiger partial charge in [-0.2, -0.15) is 0 Å². The zero-order valence-corrected chi connectivity index (χ0v) is 21.8. The first kappa shape index (κ1) is 25.9. The number of fused-ring (bicyclic) bond motifs is 1. The van der Waals surface area contributed by atoms with Gasteiger partial charge in [-0.3, -0.25) is 4.90 Å². The Hall–Kier alpha value is -3.21. The fourth-order valence-electron chi connectivity index (χ4n) is 5.22. The summed E-state index contributed by atoms with van der Waals surface area (Å²) in [5.74, 6) is 2.69. The summed E-state index contributed by atoms with van der Waals surface area (Å²) < 4.78 is 17.0. The lowest BCUT2D eigenvalue weighted by Gasteiger charge is -2.37. The van der Waals surface area contributed by atoms with Gasteiger partial charge in [-0.1, -0.05) is 55.0 Å². The number of rotatable bonds is 8. The highest BCUT2D eigenvalue weighted by Gasteiger charge is 2.28. The number of nitrogens with zero attached hydrogens (tertiary/aromatic N) is 1. The maximum Gasteiger partial charge on any atom is 0.119 e. The molecule has 4 aromatic rings. The van der Waals surface area contributed by atoms with E-state index in [0.29, 0.717) is 12.6 Å². The van der Waals surface area contributed by atoms with Crippen LogP contribution < -0.4 is 14.2 Å². The van der Waals surface area contributed by atoms with Crippen LogP contribution in [-0.2, 0) is 0 Å². The van der Waals surface area contributed by atoms with E-state index in [-0.39, 0.29) is 12.4 Å². The molecule has 5 heteroatoms. The minimum absolute atomic E-state index is 0. The van der Waals surface area contributed by atoms with Crippen molar-refractivity contribution in [3.8, 4) is 28.4 Å². The first-order valence-electron chi connectivity index (χ1n) is 12.4. The third-order valence-electron chi connectivity index (χ3n) is 7.01. The van der Waals surface area contributed by atoms with Crippen molar-refractivity contribution in [2.45, 2.75) is 25.3 Å². The molecule has 1 aliphatic rings. The van der Waals surface area contributed by atoms with Gasteiger partial charge in [0.25, 0.3) is 0 Å². The Bertz CT molecular complexity index is 1260. The van der Waals surface area contributed by atoms with E-state index < -0.39 is 0 Å². The predicted molar refractivity (Wildman–Crippen MR) is 150 cm³/mol. The molecule has 188 valence electrons. The van der Waals surface area contributed by atoms with E-state index in [2.05, 4.69) is 47.4 Å². The van der Waals surface area contributed by atoms with E-state index in [1.165, 1.54) is 40.3 Å². The summed E-state index contributed by atoms with van der Waals surface area (Å²) in [5.41, 5.74) is 3.89. The standard InChI is InChI=1S/C31H33NO3.ClH/c1-33-25-14-11-23(12-15-25)28-17-13-24-22-27(34-2)16-18-29(24)31(28)30-10-6-7-19-32(30)20-21-35-26-8-4-3-5-9-26;/h3-5,8-9,11-18,22,30H,6-7,10,19-21H2,1-2H3;1H. The Morgan fingerprint density at radius 3 is 2.28 bits per heavy atom. The van der Waals surface area contributed by atoms with E-state index >= 15 is 0 Å². The van der Waals surface area contributed by atoms with Gasteiger partial charge in [0.1, 0.15) is 23.9 Å². The summed E-state index contributed by atoms with van der Waals surface area (Å²) in [6.45, 7) is 2.66. The van der Waals surface area contributed by atoms with E-state index in [4.69, 9.17) is 14.2 Å². The molecule has 0 radical (unpaired) electrons. The molecule has 0 aliphatic carbocycles. The molecule has 1 heterocycles. The van der Waals surface area contributed by atoms with Crippen molar-refractivity contribution in [3.05, 3.63) is 90.5 Å². The fraction of sp³-hybridized carbons (Fsp3) is 0.290. The Balaban J connectivity index is 0.00000304. The number of benzene rings is 4. The number of ether oxygens (including phenoxy) is 3. The van der Waals surface area contributed by atoms with E-state index in [1.54, 1.807) is 14.2 Å². The molecule has 5 rings (SSSR count). The number of hydrogen-bond donors (Lipinski definition) is 0. The topological polar surface area (TPSA) is 30.9 Å². The molecule has 1 unspecified atom stereocenters. The van der Waals surface area contributed by atoms with Crippen LogP contribution in [0.4, 0.5) is 0 Å². The molecule has 4 nitrogen and oxygen atoms in total. The lowest BCUT2D eigenvalue weighted by molar-refractivity contribution is 0.124. The number of likely N-dealkylation sites (tertiary alicyclic amines) is 1. The van der Waals surface area contributed by atoms with Crippen LogP contribution in [0, 0.1) is 0 Å². The van der Waals surface area contributed by atoms with Gasteiger partial charge in [0.2, 0.25) is 0 Å². The predicted octanol–water partition coefficient (Wildman–Crippen LogP) is 7.55. The average Bonchev–Trinajstić information content (AvgIpc) is 2.93. The third-order valence-corrected chi connectivity index (χ3v) is 7.01. The molecule has 0 bridgehead atoms. The highest BCUT2D eigenvalue weighted by molar-refractivity contribution is 5.93. The molecule has 0 spiro atoms.